The van der Waals surface area contributed by atoms with Crippen molar-refractivity contribution < 1.29 is 28.7 Å². The van der Waals surface area contributed by atoms with Crippen LogP contribution in [0.25, 0.3) is 0 Å². The van der Waals surface area contributed by atoms with Crippen LogP contribution >= 0.6 is 0 Å². The molecule has 0 aliphatic rings. The van der Waals surface area contributed by atoms with E-state index < -0.39 is 47.1 Å². The summed E-state index contributed by atoms with van der Waals surface area (Å²) in [5.74, 6) is 1.12. The predicted molar refractivity (Wildman–Crippen MR) is 137 cm³/mol. The van der Waals surface area contributed by atoms with Crippen molar-refractivity contribution in [2.45, 2.75) is 85.0 Å². The van der Waals surface area contributed by atoms with Gasteiger partial charge in [0, 0.05) is 17.6 Å². The molecule has 0 aliphatic carbocycles. The van der Waals surface area contributed by atoms with Gasteiger partial charge in [0.25, 0.3) is 0 Å². The maximum atomic E-state index is 13.7. The van der Waals surface area contributed by atoms with Gasteiger partial charge in [-0.2, -0.15) is 0 Å². The van der Waals surface area contributed by atoms with Gasteiger partial charge in [-0.1, -0.05) is 18.1 Å². The van der Waals surface area contributed by atoms with Crippen LogP contribution in [0.5, 0.6) is 0 Å². The zero-order chi connectivity index (χ0) is 27.7. The van der Waals surface area contributed by atoms with Crippen LogP contribution in [0.15, 0.2) is 24.3 Å². The van der Waals surface area contributed by atoms with Crippen LogP contribution in [0.1, 0.15) is 79.0 Å². The Morgan fingerprint density at radius 2 is 1.64 bits per heavy atom. The molecule has 0 bridgehead atoms. The monoisotopic (exact) mass is 501 g/mol. The van der Waals surface area contributed by atoms with Gasteiger partial charge < -0.3 is 25.0 Å². The Labute approximate surface area is 214 Å². The predicted octanol–water partition coefficient (Wildman–Crippen LogP) is 3.32. The quantitative estimate of drug-likeness (QED) is 0.396. The molecule has 0 saturated carbocycles. The summed E-state index contributed by atoms with van der Waals surface area (Å²) in [7, 11) is 0. The van der Waals surface area contributed by atoms with E-state index in [1.54, 1.807) is 72.7 Å². The van der Waals surface area contributed by atoms with E-state index in [2.05, 4.69) is 16.6 Å². The number of hydrogen-bond acceptors (Lipinski definition) is 6. The number of rotatable bonds is 9. The smallest absolute Gasteiger partial charge is 0.408 e. The van der Waals surface area contributed by atoms with Gasteiger partial charge in [0.1, 0.15) is 17.7 Å². The van der Waals surface area contributed by atoms with Crippen LogP contribution in [0.3, 0.4) is 0 Å². The molecule has 2 unspecified atom stereocenters. The molecule has 1 aromatic rings. The lowest BCUT2D eigenvalue weighted by Gasteiger charge is -2.42. The number of esters is 1. The maximum absolute atomic E-state index is 13.7. The molecule has 0 spiro atoms. The third kappa shape index (κ3) is 9.61. The van der Waals surface area contributed by atoms with Crippen molar-refractivity contribution in [2.24, 2.45) is 0 Å². The molecule has 0 saturated heterocycles. The largest absolute Gasteiger partial charge is 0.466 e. The van der Waals surface area contributed by atoms with Crippen LogP contribution < -0.4 is 10.6 Å². The minimum atomic E-state index is -1.06. The van der Waals surface area contributed by atoms with E-state index >= 15 is 0 Å². The van der Waals surface area contributed by atoms with E-state index in [1.807, 2.05) is 0 Å². The van der Waals surface area contributed by atoms with Crippen LogP contribution in [0, 0.1) is 12.3 Å². The number of nitrogens with one attached hydrogen (secondary N) is 2. The van der Waals surface area contributed by atoms with Crippen molar-refractivity contribution in [3.05, 3.63) is 35.4 Å². The summed E-state index contributed by atoms with van der Waals surface area (Å²) in [4.78, 5) is 52.6. The molecular weight excluding hydrogens is 462 g/mol. The van der Waals surface area contributed by atoms with Gasteiger partial charge in [-0.15, -0.1) is 6.42 Å². The summed E-state index contributed by atoms with van der Waals surface area (Å²) in [6.45, 7) is 14.0. The Hall–Kier alpha value is -3.54. The second-order valence-corrected chi connectivity index (χ2v) is 10.3. The molecule has 9 heteroatoms. The molecule has 2 N–H and O–H groups in total. The van der Waals surface area contributed by atoms with Crippen LogP contribution in [0.4, 0.5) is 4.79 Å². The number of alkyl carbamates (subject to hydrolysis) is 1. The van der Waals surface area contributed by atoms with Crippen LogP contribution in [-0.2, 0) is 23.9 Å². The van der Waals surface area contributed by atoms with E-state index in [1.165, 1.54) is 11.8 Å². The molecule has 36 heavy (non-hydrogen) atoms. The Morgan fingerprint density at radius 1 is 1.06 bits per heavy atom. The molecule has 3 amide bonds. The Balaban J connectivity index is 3.33. The lowest BCUT2D eigenvalue weighted by atomic mass is 9.95. The number of hydrogen-bond donors (Lipinski definition) is 2. The molecule has 9 nitrogen and oxygen atoms in total. The average molecular weight is 502 g/mol. The lowest BCUT2D eigenvalue weighted by molar-refractivity contribution is -0.148. The van der Waals surface area contributed by atoms with E-state index in [-0.39, 0.29) is 19.6 Å². The second-order valence-electron chi connectivity index (χ2n) is 10.3. The normalized spacial score (nSPS) is 13.0. The van der Waals surface area contributed by atoms with Crippen LogP contribution in [-0.4, -0.2) is 59.1 Å². The van der Waals surface area contributed by atoms with Gasteiger partial charge in [0.05, 0.1) is 13.0 Å². The number of benzene rings is 1. The molecule has 2 atom stereocenters. The zero-order valence-corrected chi connectivity index (χ0v) is 22.6. The van der Waals surface area contributed by atoms with Crippen LogP contribution in [0.2, 0.25) is 0 Å². The Kier molecular flexibility index (Phi) is 11.0. The van der Waals surface area contributed by atoms with Crippen molar-refractivity contribution in [3.8, 4) is 12.3 Å². The number of carbonyl (C=O) groups is 4. The lowest BCUT2D eigenvalue weighted by Crippen LogP contribution is -2.58. The third-order valence-electron chi connectivity index (χ3n) is 4.90. The summed E-state index contributed by atoms with van der Waals surface area (Å²) in [5, 5.41) is 5.28. The average Bonchev–Trinajstić information content (AvgIpc) is 2.74. The minimum Gasteiger partial charge on any atom is -0.466 e. The summed E-state index contributed by atoms with van der Waals surface area (Å²) in [6, 6.07) is 4.68. The van der Waals surface area contributed by atoms with Gasteiger partial charge in [-0.05, 0) is 73.1 Å². The highest BCUT2D eigenvalue weighted by atomic mass is 16.6. The molecule has 1 rings (SSSR count). The van der Waals surface area contributed by atoms with Gasteiger partial charge in [-0.3, -0.25) is 14.4 Å². The molecule has 0 aromatic heterocycles. The molecule has 1 aromatic carbocycles. The highest BCUT2D eigenvalue weighted by Crippen LogP contribution is 2.30. The summed E-state index contributed by atoms with van der Waals surface area (Å²) < 4.78 is 10.2. The maximum Gasteiger partial charge on any atom is 0.408 e. The van der Waals surface area contributed by atoms with Gasteiger partial charge >= 0.3 is 12.1 Å². The van der Waals surface area contributed by atoms with Crippen molar-refractivity contribution in [1.82, 2.24) is 15.5 Å². The van der Waals surface area contributed by atoms with Crippen molar-refractivity contribution in [3.63, 3.8) is 0 Å². The number of ether oxygens (including phenoxy) is 2. The molecule has 0 heterocycles. The topological polar surface area (TPSA) is 114 Å². The van der Waals surface area contributed by atoms with Crippen molar-refractivity contribution in [1.29, 1.82) is 0 Å². The number of carbonyl (C=O) groups excluding carboxylic acids is 4. The van der Waals surface area contributed by atoms with E-state index in [9.17, 15) is 19.2 Å². The third-order valence-corrected chi connectivity index (χ3v) is 4.90. The van der Waals surface area contributed by atoms with Gasteiger partial charge in [0.15, 0.2) is 0 Å². The standard InChI is InChI=1S/C27H39N3O6/c1-10-19-12-14-20(15-13-19)22(23(32)28-17-16-21(31)35-11-2)30(26(4,5)6)24(33)18(3)29-25(34)36-27(7,8)9/h1,12-15,18,22H,11,16-17H2,2-9H3,(H,28,32)(H,29,34). The first-order valence-corrected chi connectivity index (χ1v) is 11.9. The Morgan fingerprint density at radius 3 is 2.11 bits per heavy atom. The van der Waals surface area contributed by atoms with Gasteiger partial charge in [0.2, 0.25) is 11.8 Å². The van der Waals surface area contributed by atoms with E-state index in [0.717, 1.165) is 0 Å². The van der Waals surface area contributed by atoms with E-state index in [0.29, 0.717) is 11.1 Å². The summed E-state index contributed by atoms with van der Waals surface area (Å²) in [5.41, 5.74) is -0.421. The molecular formula is C27H39N3O6. The molecule has 0 aliphatic heterocycles. The second kappa shape index (κ2) is 13.0. The summed E-state index contributed by atoms with van der Waals surface area (Å²) in [6.07, 6.45) is 4.72. The summed E-state index contributed by atoms with van der Waals surface area (Å²) >= 11 is 0. The fourth-order valence-corrected chi connectivity index (χ4v) is 3.40. The fourth-order valence-electron chi connectivity index (χ4n) is 3.40. The molecule has 198 valence electrons. The highest BCUT2D eigenvalue weighted by Gasteiger charge is 2.40. The fraction of sp³-hybridized carbons (Fsp3) is 0.556. The minimum absolute atomic E-state index is 0.0115. The first kappa shape index (κ1) is 30.5. The first-order chi connectivity index (χ1) is 16.6. The van der Waals surface area contributed by atoms with Crippen molar-refractivity contribution >= 4 is 23.9 Å². The molecule has 0 fully saturated rings. The first-order valence-electron chi connectivity index (χ1n) is 11.9. The SMILES string of the molecule is C#Cc1ccc(C(C(=O)NCCC(=O)OCC)N(C(=O)C(C)NC(=O)OC(C)(C)C)C(C)(C)C)cc1. The molecule has 0 radical (unpaired) electrons. The number of nitrogens with zero attached hydrogens (tertiary/aromatic N) is 1. The highest BCUT2D eigenvalue weighted by molar-refractivity contribution is 5.92. The number of terminal acetylenes is 1. The van der Waals surface area contributed by atoms with Gasteiger partial charge in [-0.25, -0.2) is 4.79 Å². The Bertz CT molecular complexity index is 967. The number of amides is 3. The zero-order valence-electron chi connectivity index (χ0n) is 22.6. The van der Waals surface area contributed by atoms with Crippen molar-refractivity contribution in [2.75, 3.05) is 13.2 Å². The van der Waals surface area contributed by atoms with E-state index in [4.69, 9.17) is 15.9 Å².